The Kier molecular flexibility index (Phi) is 6.81. The van der Waals surface area contributed by atoms with Gasteiger partial charge in [0, 0.05) is 56.1 Å². The number of carbonyl (C=O) groups is 1. The van der Waals surface area contributed by atoms with Crippen LogP contribution in [0.5, 0.6) is 5.75 Å². The maximum atomic E-state index is 12.1. The van der Waals surface area contributed by atoms with Crippen molar-refractivity contribution in [2.45, 2.75) is 19.4 Å². The number of nitrogen functional groups attached to an aromatic ring is 1. The molecule has 10 heteroatoms. The van der Waals surface area contributed by atoms with Crippen LogP contribution in [-0.4, -0.2) is 71.9 Å². The minimum Gasteiger partial charge on any atom is -0.494 e. The Morgan fingerprint density at radius 2 is 2.05 bits per heavy atom. The molecule has 0 aliphatic carbocycles. The highest BCUT2D eigenvalue weighted by Crippen LogP contribution is 2.38. The number of ether oxygens (including phenoxy) is 1. The van der Waals surface area contributed by atoms with Gasteiger partial charge in [-0.3, -0.25) is 0 Å². The monoisotopic (exact) mass is 515 g/mol. The molecule has 0 spiro atoms. The number of nitrogens with two attached hydrogens (primary N) is 1. The number of anilines is 4. The van der Waals surface area contributed by atoms with Gasteiger partial charge >= 0.3 is 5.97 Å². The van der Waals surface area contributed by atoms with Crippen LogP contribution in [0.2, 0.25) is 0 Å². The predicted molar refractivity (Wildman–Crippen MR) is 151 cm³/mol. The van der Waals surface area contributed by atoms with Crippen LogP contribution >= 0.6 is 0 Å². The molecule has 2 aromatic heterocycles. The number of hydrogen-bond acceptors (Lipinski definition) is 8. The summed E-state index contributed by atoms with van der Waals surface area (Å²) in [5.41, 5.74) is 12.0. The summed E-state index contributed by atoms with van der Waals surface area (Å²) in [5.74, 6) is -0.251. The van der Waals surface area contributed by atoms with E-state index in [1.54, 1.807) is 13.2 Å². The highest BCUT2D eigenvalue weighted by atomic mass is 16.5. The number of rotatable bonds is 9. The molecule has 4 aromatic rings. The molecule has 0 radical (unpaired) electrons. The van der Waals surface area contributed by atoms with Gasteiger partial charge in [0.05, 0.1) is 35.4 Å². The number of hydrogen-bond donors (Lipinski definition) is 3. The maximum absolute atomic E-state index is 12.1. The highest BCUT2D eigenvalue weighted by Gasteiger charge is 2.23. The fourth-order valence-electron chi connectivity index (χ4n) is 5.02. The fraction of sp³-hybridized carbons (Fsp3) is 0.321. The van der Waals surface area contributed by atoms with E-state index in [1.165, 1.54) is 11.8 Å². The van der Waals surface area contributed by atoms with Crippen LogP contribution in [0.15, 0.2) is 42.7 Å². The van der Waals surface area contributed by atoms with Crippen molar-refractivity contribution in [3.63, 3.8) is 0 Å². The number of carboxylic acids is 1. The third kappa shape index (κ3) is 4.70. The Labute approximate surface area is 221 Å². The SMILES string of the molecule is COc1cc(N(C)CCN(C)C)c(N)cc1Nc1ncc(C(=O)O)c(-c2cn3c4c(cccc24)CCC3)n1. The van der Waals surface area contributed by atoms with Gasteiger partial charge in [0.1, 0.15) is 11.3 Å². The van der Waals surface area contributed by atoms with E-state index in [-0.39, 0.29) is 11.5 Å². The number of nitrogens with zero attached hydrogens (tertiary/aromatic N) is 5. The third-order valence-electron chi connectivity index (χ3n) is 6.99. The van der Waals surface area contributed by atoms with Crippen molar-refractivity contribution in [2.75, 3.05) is 57.3 Å². The van der Waals surface area contributed by atoms with Crippen molar-refractivity contribution >= 4 is 39.9 Å². The van der Waals surface area contributed by atoms with Gasteiger partial charge < -0.3 is 35.3 Å². The number of benzene rings is 2. The first-order chi connectivity index (χ1) is 18.3. The quantitative estimate of drug-likeness (QED) is 0.283. The van der Waals surface area contributed by atoms with Crippen LogP contribution in [0.1, 0.15) is 22.3 Å². The second kappa shape index (κ2) is 10.2. The molecule has 0 atom stereocenters. The van der Waals surface area contributed by atoms with Crippen molar-refractivity contribution in [1.82, 2.24) is 19.4 Å². The van der Waals surface area contributed by atoms with E-state index in [2.05, 4.69) is 30.7 Å². The second-order valence-corrected chi connectivity index (χ2v) is 9.88. The normalized spacial score (nSPS) is 12.7. The number of nitrogens with one attached hydrogen (secondary N) is 1. The summed E-state index contributed by atoms with van der Waals surface area (Å²) in [5, 5.41) is 14.1. The lowest BCUT2D eigenvalue weighted by molar-refractivity contribution is 0.0697. The molecule has 10 nitrogen and oxygen atoms in total. The summed E-state index contributed by atoms with van der Waals surface area (Å²) in [6, 6.07) is 9.83. The molecule has 38 heavy (non-hydrogen) atoms. The van der Waals surface area contributed by atoms with Crippen molar-refractivity contribution in [2.24, 2.45) is 0 Å². The van der Waals surface area contributed by atoms with Crippen LogP contribution < -0.4 is 20.7 Å². The fourth-order valence-corrected chi connectivity index (χ4v) is 5.02. The van der Waals surface area contributed by atoms with Gasteiger partial charge in [-0.05, 0) is 38.6 Å². The maximum Gasteiger partial charge on any atom is 0.339 e. The predicted octanol–water partition coefficient (Wildman–Crippen LogP) is 4.07. The van der Waals surface area contributed by atoms with E-state index < -0.39 is 5.97 Å². The van der Waals surface area contributed by atoms with Crippen LogP contribution in [-0.2, 0) is 13.0 Å². The van der Waals surface area contributed by atoms with E-state index in [0.717, 1.165) is 54.6 Å². The Morgan fingerprint density at radius 3 is 2.79 bits per heavy atom. The number of aryl methyl sites for hydroxylation is 2. The molecule has 5 rings (SSSR count). The van der Waals surface area contributed by atoms with Crippen molar-refractivity contribution < 1.29 is 14.6 Å². The molecule has 4 N–H and O–H groups in total. The molecule has 0 unspecified atom stereocenters. The lowest BCUT2D eigenvalue weighted by atomic mass is 10.0. The Balaban J connectivity index is 1.54. The van der Waals surface area contributed by atoms with E-state index in [4.69, 9.17) is 15.5 Å². The largest absolute Gasteiger partial charge is 0.494 e. The first-order valence-electron chi connectivity index (χ1n) is 12.6. The molecule has 0 saturated carbocycles. The van der Waals surface area contributed by atoms with Gasteiger partial charge in [0.2, 0.25) is 5.95 Å². The zero-order valence-electron chi connectivity index (χ0n) is 22.2. The minimum atomic E-state index is -1.08. The first kappa shape index (κ1) is 25.3. The first-order valence-corrected chi connectivity index (χ1v) is 12.6. The average Bonchev–Trinajstić information content (AvgIpc) is 3.27. The molecular formula is C28H33N7O3. The van der Waals surface area contributed by atoms with Crippen LogP contribution in [0.3, 0.4) is 0 Å². The summed E-state index contributed by atoms with van der Waals surface area (Å²) in [4.78, 5) is 25.3. The smallest absolute Gasteiger partial charge is 0.339 e. The molecule has 198 valence electrons. The second-order valence-electron chi connectivity index (χ2n) is 9.88. The number of para-hydroxylation sites is 1. The number of aromatic nitrogens is 3. The number of likely N-dealkylation sites (N-methyl/N-ethyl adjacent to an activating group) is 2. The molecule has 0 fully saturated rings. The van der Waals surface area contributed by atoms with E-state index in [9.17, 15) is 9.90 Å². The van der Waals surface area contributed by atoms with Crippen LogP contribution in [0, 0.1) is 0 Å². The summed E-state index contributed by atoms with van der Waals surface area (Å²) in [7, 11) is 7.63. The lowest BCUT2D eigenvalue weighted by Gasteiger charge is -2.24. The molecule has 2 aromatic carbocycles. The standard InChI is InChI=1S/C28H33N7O3/c1-33(2)11-12-34(3)23-14-24(38-4)22(13-21(23)29)31-28-30-15-19(27(36)37)25(32-28)20-16-35-10-6-8-17-7-5-9-18(20)26(17)35/h5,7,9,13-16H,6,8,10-12,29H2,1-4H3,(H,36,37)(H,30,31,32). The Morgan fingerprint density at radius 1 is 1.24 bits per heavy atom. The summed E-state index contributed by atoms with van der Waals surface area (Å²) >= 11 is 0. The Bertz CT molecular complexity index is 1510. The van der Waals surface area contributed by atoms with E-state index >= 15 is 0 Å². The summed E-state index contributed by atoms with van der Waals surface area (Å²) in [6.07, 6.45) is 5.40. The van der Waals surface area contributed by atoms with Gasteiger partial charge in [-0.2, -0.15) is 0 Å². The minimum absolute atomic E-state index is 0.0450. The molecule has 1 aliphatic rings. The van der Waals surface area contributed by atoms with Gasteiger partial charge in [-0.25, -0.2) is 14.8 Å². The molecule has 0 saturated heterocycles. The summed E-state index contributed by atoms with van der Waals surface area (Å²) < 4.78 is 7.85. The van der Waals surface area contributed by atoms with E-state index in [0.29, 0.717) is 22.8 Å². The van der Waals surface area contributed by atoms with Crippen LogP contribution in [0.4, 0.5) is 23.0 Å². The summed E-state index contributed by atoms with van der Waals surface area (Å²) in [6.45, 7) is 2.56. The topological polar surface area (TPSA) is 122 Å². The van der Waals surface area contributed by atoms with Crippen LogP contribution in [0.25, 0.3) is 22.2 Å². The molecule has 0 amide bonds. The van der Waals surface area contributed by atoms with Crippen molar-refractivity contribution in [3.8, 4) is 17.0 Å². The lowest BCUT2D eigenvalue weighted by Crippen LogP contribution is -2.29. The number of methoxy groups -OCH3 is 1. The number of aromatic carboxylic acids is 1. The highest BCUT2D eigenvalue weighted by molar-refractivity contribution is 6.03. The molecule has 0 bridgehead atoms. The van der Waals surface area contributed by atoms with Gasteiger partial charge in [0.15, 0.2) is 0 Å². The third-order valence-corrected chi connectivity index (χ3v) is 6.99. The Hall–Kier alpha value is -4.31. The van der Waals surface area contributed by atoms with Gasteiger partial charge in [0.25, 0.3) is 0 Å². The zero-order valence-corrected chi connectivity index (χ0v) is 22.2. The zero-order chi connectivity index (χ0) is 27.0. The van der Waals surface area contributed by atoms with Gasteiger partial charge in [-0.15, -0.1) is 0 Å². The van der Waals surface area contributed by atoms with E-state index in [1.807, 2.05) is 45.5 Å². The van der Waals surface area contributed by atoms with Gasteiger partial charge in [-0.1, -0.05) is 18.2 Å². The molecular weight excluding hydrogens is 482 g/mol. The molecule has 1 aliphatic heterocycles. The average molecular weight is 516 g/mol. The molecule has 3 heterocycles. The van der Waals surface area contributed by atoms with Crippen molar-refractivity contribution in [3.05, 3.63) is 53.9 Å². The number of carboxylic acid groups (broad SMARTS) is 1. The van der Waals surface area contributed by atoms with Crippen molar-refractivity contribution in [1.29, 1.82) is 0 Å².